The van der Waals surface area contributed by atoms with E-state index in [1.54, 1.807) is 38.1 Å². The molecule has 3 N–H and O–H groups in total. The quantitative estimate of drug-likeness (QED) is 0.528. The molecule has 2 rings (SSSR count). The molecule has 156 valence electrons. The summed E-state index contributed by atoms with van der Waals surface area (Å²) in [4.78, 5) is 23.8. The Kier molecular flexibility index (Phi) is 8.04. The maximum absolute atomic E-state index is 12.2. The molecule has 0 fully saturated rings. The third-order valence-electron chi connectivity index (χ3n) is 3.84. The first kappa shape index (κ1) is 23.2. The second kappa shape index (κ2) is 10.1. The largest absolute Gasteiger partial charge is 0.351 e. The fourth-order valence-electron chi connectivity index (χ4n) is 2.18. The summed E-state index contributed by atoms with van der Waals surface area (Å²) in [5.41, 5.74) is 0.981. The minimum absolute atomic E-state index is 0.00313. The van der Waals surface area contributed by atoms with Gasteiger partial charge in [0.05, 0.1) is 14.9 Å². The molecule has 2 amide bonds. The van der Waals surface area contributed by atoms with Gasteiger partial charge < -0.3 is 10.6 Å². The summed E-state index contributed by atoms with van der Waals surface area (Å²) < 4.78 is 26.8. The zero-order chi connectivity index (χ0) is 21.6. The number of benzene rings is 2. The van der Waals surface area contributed by atoms with Gasteiger partial charge in [-0.25, -0.2) is 13.1 Å². The van der Waals surface area contributed by atoms with E-state index in [1.807, 2.05) is 0 Å². The molecule has 0 aromatic heterocycles. The number of hydrogen-bond donors (Lipinski definition) is 3. The lowest BCUT2D eigenvalue weighted by Crippen LogP contribution is -2.34. The van der Waals surface area contributed by atoms with Gasteiger partial charge in [0.1, 0.15) is 0 Å². The summed E-state index contributed by atoms with van der Waals surface area (Å²) in [5, 5.41) is 5.75. The molecule has 2 aromatic carbocycles. The Hall–Kier alpha value is -2.13. The van der Waals surface area contributed by atoms with Crippen molar-refractivity contribution in [3.05, 3.63) is 58.1 Å². The van der Waals surface area contributed by atoms with E-state index in [-0.39, 0.29) is 45.8 Å². The van der Waals surface area contributed by atoms with Crippen molar-refractivity contribution in [2.24, 2.45) is 5.92 Å². The lowest BCUT2D eigenvalue weighted by Gasteiger charge is -2.10. The molecule has 0 spiro atoms. The predicted octanol–water partition coefficient (Wildman–Crippen LogP) is 3.30. The first-order valence-corrected chi connectivity index (χ1v) is 11.0. The van der Waals surface area contributed by atoms with Crippen LogP contribution >= 0.6 is 23.2 Å². The highest BCUT2D eigenvalue weighted by Crippen LogP contribution is 2.24. The smallest absolute Gasteiger partial charge is 0.251 e. The number of carbonyl (C=O) groups excluding carboxylic acids is 2. The number of anilines is 1. The van der Waals surface area contributed by atoms with Crippen molar-refractivity contribution in [1.82, 2.24) is 10.0 Å². The Morgan fingerprint density at radius 2 is 1.62 bits per heavy atom. The summed E-state index contributed by atoms with van der Waals surface area (Å²) in [5.74, 6) is -0.623. The lowest BCUT2D eigenvalue weighted by molar-refractivity contribution is -0.118. The van der Waals surface area contributed by atoms with Crippen LogP contribution in [0.4, 0.5) is 5.69 Å². The molecule has 0 saturated carbocycles. The van der Waals surface area contributed by atoms with Crippen molar-refractivity contribution in [3.63, 3.8) is 0 Å². The number of hydrogen-bond acceptors (Lipinski definition) is 4. The molecule has 0 aliphatic carbocycles. The van der Waals surface area contributed by atoms with Gasteiger partial charge in [0.25, 0.3) is 5.91 Å². The fraction of sp³-hybridized carbons (Fsp3) is 0.263. The zero-order valence-corrected chi connectivity index (χ0v) is 18.2. The maximum Gasteiger partial charge on any atom is 0.251 e. The highest BCUT2D eigenvalue weighted by Gasteiger charge is 2.15. The normalized spacial score (nSPS) is 11.3. The molecular formula is C19H21Cl2N3O4S. The monoisotopic (exact) mass is 457 g/mol. The van der Waals surface area contributed by atoms with Gasteiger partial charge in [-0.2, -0.15) is 0 Å². The van der Waals surface area contributed by atoms with Gasteiger partial charge in [-0.1, -0.05) is 37.0 Å². The van der Waals surface area contributed by atoms with Gasteiger partial charge in [0.15, 0.2) is 0 Å². The van der Waals surface area contributed by atoms with Gasteiger partial charge >= 0.3 is 0 Å². The van der Waals surface area contributed by atoms with Crippen LogP contribution in [0.25, 0.3) is 0 Å². The van der Waals surface area contributed by atoms with Crippen molar-refractivity contribution in [2.45, 2.75) is 18.7 Å². The molecule has 29 heavy (non-hydrogen) atoms. The summed E-state index contributed by atoms with van der Waals surface area (Å²) >= 11 is 11.6. The third-order valence-corrected chi connectivity index (χ3v) is 6.04. The second-order valence-electron chi connectivity index (χ2n) is 6.45. The van der Waals surface area contributed by atoms with Gasteiger partial charge in [0.2, 0.25) is 15.9 Å². The molecule has 0 heterocycles. The van der Waals surface area contributed by atoms with Crippen LogP contribution in [-0.4, -0.2) is 33.3 Å². The van der Waals surface area contributed by atoms with E-state index in [2.05, 4.69) is 15.4 Å². The summed E-state index contributed by atoms with van der Waals surface area (Å²) in [6.45, 7) is 3.65. The standard InChI is InChI=1S/C19H21Cl2N3O4S/c1-12(2)18(25)24-14-5-3-13(4-6-14)19(26)22-9-10-23-29(27,28)15-7-8-16(20)17(21)11-15/h3-8,11-12,23H,9-10H2,1-2H3,(H,22,26)(H,24,25). The van der Waals surface area contributed by atoms with E-state index in [1.165, 1.54) is 18.2 Å². The number of rotatable bonds is 8. The van der Waals surface area contributed by atoms with Gasteiger partial charge in [-0.05, 0) is 42.5 Å². The second-order valence-corrected chi connectivity index (χ2v) is 9.03. The highest BCUT2D eigenvalue weighted by atomic mass is 35.5. The highest BCUT2D eigenvalue weighted by molar-refractivity contribution is 7.89. The molecule has 7 nitrogen and oxygen atoms in total. The molecule has 0 aliphatic rings. The van der Waals surface area contributed by atoms with Crippen LogP contribution < -0.4 is 15.4 Å². The maximum atomic E-state index is 12.2. The summed E-state index contributed by atoms with van der Waals surface area (Å²) in [6.07, 6.45) is 0. The van der Waals surface area contributed by atoms with Crippen molar-refractivity contribution in [2.75, 3.05) is 18.4 Å². The molecule has 0 radical (unpaired) electrons. The van der Waals surface area contributed by atoms with Crippen molar-refractivity contribution in [3.8, 4) is 0 Å². The van der Waals surface area contributed by atoms with Crippen LogP contribution in [0.3, 0.4) is 0 Å². The van der Waals surface area contributed by atoms with Gasteiger partial charge in [-0.15, -0.1) is 0 Å². The van der Waals surface area contributed by atoms with E-state index >= 15 is 0 Å². The van der Waals surface area contributed by atoms with Crippen molar-refractivity contribution in [1.29, 1.82) is 0 Å². The van der Waals surface area contributed by atoms with Crippen molar-refractivity contribution < 1.29 is 18.0 Å². The fourth-order valence-corrected chi connectivity index (χ4v) is 3.60. The average molecular weight is 458 g/mol. The summed E-state index contributed by atoms with van der Waals surface area (Å²) in [6, 6.07) is 10.4. The van der Waals surface area contributed by atoms with E-state index in [0.29, 0.717) is 11.3 Å². The van der Waals surface area contributed by atoms with Crippen LogP contribution in [0.1, 0.15) is 24.2 Å². The number of nitrogens with one attached hydrogen (secondary N) is 3. The van der Waals surface area contributed by atoms with Crippen molar-refractivity contribution >= 4 is 50.7 Å². The third kappa shape index (κ3) is 6.71. The molecule has 2 aromatic rings. The Bertz CT molecular complexity index is 993. The predicted molar refractivity (Wildman–Crippen MR) is 114 cm³/mol. The topological polar surface area (TPSA) is 104 Å². The first-order valence-electron chi connectivity index (χ1n) is 8.74. The number of sulfonamides is 1. The number of amides is 2. The SMILES string of the molecule is CC(C)C(=O)Nc1ccc(C(=O)NCCNS(=O)(=O)c2ccc(Cl)c(Cl)c2)cc1. The minimum atomic E-state index is -3.77. The number of halogens is 2. The Morgan fingerprint density at radius 3 is 2.21 bits per heavy atom. The van der Waals surface area contributed by atoms with E-state index < -0.39 is 10.0 Å². The molecule has 0 bridgehead atoms. The summed E-state index contributed by atoms with van der Waals surface area (Å²) in [7, 11) is -3.77. The lowest BCUT2D eigenvalue weighted by atomic mass is 10.1. The number of carbonyl (C=O) groups is 2. The van der Waals surface area contributed by atoms with E-state index in [4.69, 9.17) is 23.2 Å². The Labute approximate surface area is 179 Å². The Balaban J connectivity index is 1.84. The molecular weight excluding hydrogens is 437 g/mol. The molecule has 0 atom stereocenters. The van der Waals surface area contributed by atoms with Crippen LogP contribution in [0.5, 0.6) is 0 Å². The molecule has 0 aliphatic heterocycles. The molecule has 10 heteroatoms. The molecule has 0 unspecified atom stereocenters. The van der Waals surface area contributed by atoms with Crippen LogP contribution in [0.2, 0.25) is 10.0 Å². The van der Waals surface area contributed by atoms with E-state index in [0.717, 1.165) is 0 Å². The average Bonchev–Trinajstić information content (AvgIpc) is 2.67. The first-order chi connectivity index (χ1) is 13.6. The Morgan fingerprint density at radius 1 is 0.966 bits per heavy atom. The van der Waals surface area contributed by atoms with E-state index in [9.17, 15) is 18.0 Å². The van der Waals surface area contributed by atoms with Gasteiger partial charge in [0, 0.05) is 30.3 Å². The minimum Gasteiger partial charge on any atom is -0.351 e. The molecule has 0 saturated heterocycles. The van der Waals surface area contributed by atoms with Crippen LogP contribution in [-0.2, 0) is 14.8 Å². The van der Waals surface area contributed by atoms with Crippen LogP contribution in [0.15, 0.2) is 47.4 Å². The zero-order valence-electron chi connectivity index (χ0n) is 15.8. The van der Waals surface area contributed by atoms with Gasteiger partial charge in [-0.3, -0.25) is 9.59 Å². The van der Waals surface area contributed by atoms with Crippen LogP contribution in [0, 0.1) is 5.92 Å².